The molecule has 1 N–H and O–H groups in total. The zero-order valence-corrected chi connectivity index (χ0v) is 11.2. The Hall–Kier alpha value is -1.34. The lowest BCUT2D eigenvalue weighted by atomic mass is 10.2. The van der Waals surface area contributed by atoms with E-state index in [2.05, 4.69) is 26.1 Å². The number of carbonyl (C=O) groups is 1. The molecule has 88 valence electrons. The first-order chi connectivity index (χ1) is 8.11. The largest absolute Gasteiger partial charge is 0.343 e. The highest BCUT2D eigenvalue weighted by Gasteiger charge is 2.09. The van der Waals surface area contributed by atoms with Gasteiger partial charge in [0.15, 0.2) is 5.16 Å². The molecule has 0 aliphatic carbocycles. The minimum Gasteiger partial charge on any atom is -0.298 e. The predicted octanol–water partition coefficient (Wildman–Crippen LogP) is 1.83. The molecule has 0 spiro atoms. The van der Waals surface area contributed by atoms with Crippen molar-refractivity contribution >= 4 is 34.0 Å². The molecule has 0 radical (unpaired) electrons. The summed E-state index contributed by atoms with van der Waals surface area (Å²) in [6.45, 7) is 0. The molecular formula is C10H8BrN3O2S. The SMILES string of the molecule is Cn1c(Sc2ccc(C=O)cc2Br)n[nH]c1=O. The first kappa shape index (κ1) is 12.1. The first-order valence-corrected chi connectivity index (χ1v) is 6.26. The maximum atomic E-state index is 11.2. The summed E-state index contributed by atoms with van der Waals surface area (Å²) in [5, 5.41) is 6.82. The second kappa shape index (κ2) is 4.89. The molecule has 0 atom stereocenters. The normalized spacial score (nSPS) is 10.5. The van der Waals surface area contributed by atoms with Gasteiger partial charge >= 0.3 is 5.69 Å². The molecule has 17 heavy (non-hydrogen) atoms. The fourth-order valence-electron chi connectivity index (χ4n) is 1.20. The zero-order chi connectivity index (χ0) is 12.4. The zero-order valence-electron chi connectivity index (χ0n) is 8.81. The van der Waals surface area contributed by atoms with Gasteiger partial charge in [0.1, 0.15) is 6.29 Å². The fraction of sp³-hybridized carbons (Fsp3) is 0.100. The summed E-state index contributed by atoms with van der Waals surface area (Å²) in [7, 11) is 1.64. The highest BCUT2D eigenvalue weighted by molar-refractivity contribution is 9.10. The summed E-state index contributed by atoms with van der Waals surface area (Å²) in [5.41, 5.74) is 0.338. The van der Waals surface area contributed by atoms with Crippen LogP contribution in [0.15, 0.2) is 37.5 Å². The Balaban J connectivity index is 2.33. The molecule has 0 bridgehead atoms. The lowest BCUT2D eigenvalue weighted by Crippen LogP contribution is -2.12. The van der Waals surface area contributed by atoms with Gasteiger partial charge in [-0.3, -0.25) is 9.36 Å². The molecule has 0 aliphatic rings. The molecule has 0 saturated heterocycles. The fourth-order valence-corrected chi connectivity index (χ4v) is 2.63. The van der Waals surface area contributed by atoms with E-state index in [1.165, 1.54) is 16.3 Å². The summed E-state index contributed by atoms with van der Waals surface area (Å²) >= 11 is 4.71. The number of carbonyl (C=O) groups excluding carboxylic acids is 1. The summed E-state index contributed by atoms with van der Waals surface area (Å²) in [5.74, 6) is 0. The molecule has 1 aromatic carbocycles. The van der Waals surface area contributed by atoms with Crippen molar-refractivity contribution in [3.8, 4) is 0 Å². The second-order valence-corrected chi connectivity index (χ2v) is 5.14. The van der Waals surface area contributed by atoms with Gasteiger partial charge in [-0.15, -0.1) is 5.10 Å². The molecule has 2 rings (SSSR count). The molecule has 1 aromatic heterocycles. The molecule has 0 saturated carbocycles. The topological polar surface area (TPSA) is 67.8 Å². The smallest absolute Gasteiger partial charge is 0.298 e. The summed E-state index contributed by atoms with van der Waals surface area (Å²) < 4.78 is 2.22. The van der Waals surface area contributed by atoms with E-state index in [1.807, 2.05) is 0 Å². The summed E-state index contributed by atoms with van der Waals surface area (Å²) in [4.78, 5) is 22.7. The third-order valence-electron chi connectivity index (χ3n) is 2.13. The first-order valence-electron chi connectivity index (χ1n) is 4.66. The highest BCUT2D eigenvalue weighted by atomic mass is 79.9. The molecule has 2 aromatic rings. The van der Waals surface area contributed by atoms with Crippen molar-refractivity contribution in [2.24, 2.45) is 7.05 Å². The van der Waals surface area contributed by atoms with Crippen LogP contribution in [-0.2, 0) is 7.05 Å². The average molecular weight is 314 g/mol. The number of aromatic nitrogens is 3. The number of aldehydes is 1. The third-order valence-corrected chi connectivity index (χ3v) is 4.17. The van der Waals surface area contributed by atoms with Crippen LogP contribution in [0.4, 0.5) is 0 Å². The van der Waals surface area contributed by atoms with E-state index in [-0.39, 0.29) is 5.69 Å². The number of rotatable bonds is 3. The molecule has 0 unspecified atom stereocenters. The molecule has 0 amide bonds. The number of benzene rings is 1. The number of hydrogen-bond donors (Lipinski definition) is 1. The number of halogens is 1. The lowest BCUT2D eigenvalue weighted by Gasteiger charge is -2.03. The number of hydrogen-bond acceptors (Lipinski definition) is 4. The van der Waals surface area contributed by atoms with Crippen molar-refractivity contribution < 1.29 is 4.79 Å². The van der Waals surface area contributed by atoms with Gasteiger partial charge in [0.25, 0.3) is 0 Å². The van der Waals surface area contributed by atoms with Crippen molar-refractivity contribution in [2.75, 3.05) is 0 Å². The van der Waals surface area contributed by atoms with Crippen LogP contribution in [0, 0.1) is 0 Å². The highest BCUT2D eigenvalue weighted by Crippen LogP contribution is 2.31. The Labute approximate surface area is 109 Å². The van der Waals surface area contributed by atoms with Gasteiger partial charge < -0.3 is 0 Å². The standard InChI is InChI=1S/C10H8BrN3O2S/c1-14-9(16)12-13-10(14)17-8-3-2-6(5-15)4-7(8)11/h2-5H,1H3,(H,12,16). The molecule has 0 aliphatic heterocycles. The van der Waals surface area contributed by atoms with E-state index >= 15 is 0 Å². The Bertz CT molecular complexity index is 620. The molecule has 5 nitrogen and oxygen atoms in total. The minimum absolute atomic E-state index is 0.256. The van der Waals surface area contributed by atoms with Crippen molar-refractivity contribution in [2.45, 2.75) is 10.1 Å². The number of aromatic amines is 1. The average Bonchev–Trinajstić information content (AvgIpc) is 2.63. The van der Waals surface area contributed by atoms with Crippen molar-refractivity contribution in [1.82, 2.24) is 14.8 Å². The van der Waals surface area contributed by atoms with Gasteiger partial charge in [-0.25, -0.2) is 9.89 Å². The number of H-pyrrole nitrogens is 1. The monoisotopic (exact) mass is 313 g/mol. The van der Waals surface area contributed by atoms with E-state index in [0.717, 1.165) is 15.7 Å². The summed E-state index contributed by atoms with van der Waals surface area (Å²) in [6, 6.07) is 5.24. The van der Waals surface area contributed by atoms with Gasteiger partial charge in [-0.1, -0.05) is 6.07 Å². The maximum Gasteiger partial charge on any atom is 0.343 e. The minimum atomic E-state index is -0.256. The summed E-state index contributed by atoms with van der Waals surface area (Å²) in [6.07, 6.45) is 0.781. The Morgan fingerprint density at radius 3 is 2.82 bits per heavy atom. The third kappa shape index (κ3) is 2.50. The lowest BCUT2D eigenvalue weighted by molar-refractivity contribution is 0.112. The second-order valence-electron chi connectivity index (χ2n) is 3.28. The van der Waals surface area contributed by atoms with Crippen LogP contribution in [0.2, 0.25) is 0 Å². The Morgan fingerprint density at radius 2 is 2.29 bits per heavy atom. The Morgan fingerprint density at radius 1 is 1.53 bits per heavy atom. The van der Waals surface area contributed by atoms with Crippen molar-refractivity contribution in [3.05, 3.63) is 38.7 Å². The van der Waals surface area contributed by atoms with Gasteiger partial charge in [0.05, 0.1) is 0 Å². The predicted molar refractivity (Wildman–Crippen MR) is 67.5 cm³/mol. The Kier molecular flexibility index (Phi) is 3.49. The van der Waals surface area contributed by atoms with Gasteiger partial charge in [-0.05, 0) is 39.8 Å². The van der Waals surface area contributed by atoms with Crippen LogP contribution >= 0.6 is 27.7 Å². The van der Waals surface area contributed by atoms with E-state index in [9.17, 15) is 9.59 Å². The van der Waals surface area contributed by atoms with Gasteiger partial charge in [0.2, 0.25) is 0 Å². The van der Waals surface area contributed by atoms with Crippen LogP contribution in [0.25, 0.3) is 0 Å². The maximum absolute atomic E-state index is 11.2. The molecule has 0 fully saturated rings. The van der Waals surface area contributed by atoms with E-state index in [4.69, 9.17) is 0 Å². The quantitative estimate of drug-likeness (QED) is 0.878. The number of nitrogens with zero attached hydrogens (tertiary/aromatic N) is 2. The van der Waals surface area contributed by atoms with Crippen LogP contribution in [0.3, 0.4) is 0 Å². The molecule has 7 heteroatoms. The van der Waals surface area contributed by atoms with Crippen LogP contribution in [0.5, 0.6) is 0 Å². The van der Waals surface area contributed by atoms with E-state index < -0.39 is 0 Å². The van der Waals surface area contributed by atoms with Crippen LogP contribution in [0.1, 0.15) is 10.4 Å². The van der Waals surface area contributed by atoms with E-state index in [1.54, 1.807) is 25.2 Å². The van der Waals surface area contributed by atoms with Gasteiger partial charge in [-0.2, -0.15) is 0 Å². The van der Waals surface area contributed by atoms with Crippen molar-refractivity contribution in [1.29, 1.82) is 0 Å². The van der Waals surface area contributed by atoms with Crippen molar-refractivity contribution in [3.63, 3.8) is 0 Å². The van der Waals surface area contributed by atoms with Gasteiger partial charge in [0, 0.05) is 22.0 Å². The van der Waals surface area contributed by atoms with Crippen LogP contribution < -0.4 is 5.69 Å². The number of nitrogens with one attached hydrogen (secondary N) is 1. The molecular weight excluding hydrogens is 306 g/mol. The van der Waals surface area contributed by atoms with Crippen LogP contribution in [-0.4, -0.2) is 21.1 Å². The van der Waals surface area contributed by atoms with E-state index in [0.29, 0.717) is 10.7 Å². The molecule has 1 heterocycles.